The van der Waals surface area contributed by atoms with Gasteiger partial charge >= 0.3 is 5.97 Å². The summed E-state index contributed by atoms with van der Waals surface area (Å²) in [6.45, 7) is 4.11. The first-order valence-corrected chi connectivity index (χ1v) is 6.96. The summed E-state index contributed by atoms with van der Waals surface area (Å²) in [4.78, 5) is 11.3. The van der Waals surface area contributed by atoms with Gasteiger partial charge in [-0.2, -0.15) is 0 Å². The number of hydrogen-bond acceptors (Lipinski definition) is 4. The molecule has 0 spiro atoms. The van der Waals surface area contributed by atoms with Gasteiger partial charge in [0.2, 0.25) is 0 Å². The number of aryl methyl sites for hydroxylation is 1. The highest BCUT2D eigenvalue weighted by Gasteiger charge is 2.15. The van der Waals surface area contributed by atoms with Crippen LogP contribution in [0.15, 0.2) is 23.8 Å². The van der Waals surface area contributed by atoms with Gasteiger partial charge in [0.1, 0.15) is 11.5 Å². The van der Waals surface area contributed by atoms with Crippen LogP contribution in [0.3, 0.4) is 0 Å². The smallest absolute Gasteiger partial charge is 0.305 e. The van der Waals surface area contributed by atoms with Crippen LogP contribution in [-0.4, -0.2) is 27.3 Å². The van der Waals surface area contributed by atoms with Gasteiger partial charge in [0.15, 0.2) is 0 Å². The van der Waals surface area contributed by atoms with E-state index < -0.39 is 0 Å². The summed E-state index contributed by atoms with van der Waals surface area (Å²) in [7, 11) is 4.69. The fourth-order valence-electron chi connectivity index (χ4n) is 2.14. The van der Waals surface area contributed by atoms with E-state index in [1.54, 1.807) is 14.2 Å². The molecule has 4 heteroatoms. The molecule has 4 nitrogen and oxygen atoms in total. The molecule has 0 radical (unpaired) electrons. The SMILES string of the molecule is COC(=O)CCc1ccc(OC)c(CC=C(C)C)c1OC. The number of ether oxygens (including phenoxy) is 3. The quantitative estimate of drug-likeness (QED) is 0.571. The zero-order valence-electron chi connectivity index (χ0n) is 13.5. The predicted octanol–water partition coefficient (Wildman–Crippen LogP) is 3.32. The van der Waals surface area contributed by atoms with E-state index in [0.717, 1.165) is 29.0 Å². The molecular weight excluding hydrogens is 268 g/mol. The van der Waals surface area contributed by atoms with Crippen LogP contribution in [0.4, 0.5) is 0 Å². The third-order valence-corrected chi connectivity index (χ3v) is 3.26. The molecule has 0 aromatic heterocycles. The van der Waals surface area contributed by atoms with Gasteiger partial charge < -0.3 is 14.2 Å². The van der Waals surface area contributed by atoms with Gasteiger partial charge in [-0.05, 0) is 38.3 Å². The summed E-state index contributed by atoms with van der Waals surface area (Å²) in [6.07, 6.45) is 3.79. The van der Waals surface area contributed by atoms with E-state index >= 15 is 0 Å². The molecule has 1 aromatic carbocycles. The highest BCUT2D eigenvalue weighted by Crippen LogP contribution is 2.34. The summed E-state index contributed by atoms with van der Waals surface area (Å²) in [5.41, 5.74) is 3.23. The van der Waals surface area contributed by atoms with Crippen molar-refractivity contribution in [2.24, 2.45) is 0 Å². The van der Waals surface area contributed by atoms with Gasteiger partial charge in [0.05, 0.1) is 21.3 Å². The Hall–Kier alpha value is -1.97. The minimum atomic E-state index is -0.223. The summed E-state index contributed by atoms with van der Waals surface area (Å²) >= 11 is 0. The average Bonchev–Trinajstić information content (AvgIpc) is 2.49. The largest absolute Gasteiger partial charge is 0.496 e. The predicted molar refractivity (Wildman–Crippen MR) is 83.0 cm³/mol. The van der Waals surface area contributed by atoms with Crippen molar-refractivity contribution in [3.05, 3.63) is 34.9 Å². The van der Waals surface area contributed by atoms with E-state index in [-0.39, 0.29) is 5.97 Å². The van der Waals surface area contributed by atoms with Crippen LogP contribution in [0.25, 0.3) is 0 Å². The van der Waals surface area contributed by atoms with Crippen molar-refractivity contribution in [2.75, 3.05) is 21.3 Å². The Bertz CT molecular complexity index is 514. The molecule has 0 saturated heterocycles. The van der Waals surface area contributed by atoms with Crippen molar-refractivity contribution in [2.45, 2.75) is 33.1 Å². The number of methoxy groups -OCH3 is 3. The van der Waals surface area contributed by atoms with Gasteiger partial charge in [-0.15, -0.1) is 0 Å². The number of hydrogen-bond donors (Lipinski definition) is 0. The molecule has 0 aliphatic carbocycles. The van der Waals surface area contributed by atoms with Gasteiger partial charge in [0.25, 0.3) is 0 Å². The number of rotatable bonds is 7. The third kappa shape index (κ3) is 4.81. The minimum absolute atomic E-state index is 0.223. The number of benzene rings is 1. The van der Waals surface area contributed by atoms with Crippen LogP contribution in [0.1, 0.15) is 31.4 Å². The second kappa shape index (κ2) is 8.35. The Morgan fingerprint density at radius 1 is 1.14 bits per heavy atom. The first-order valence-electron chi connectivity index (χ1n) is 6.96. The highest BCUT2D eigenvalue weighted by molar-refractivity contribution is 5.69. The maximum absolute atomic E-state index is 11.3. The molecule has 1 aromatic rings. The van der Waals surface area contributed by atoms with Crippen molar-refractivity contribution in [1.29, 1.82) is 0 Å². The Labute approximate surface area is 126 Å². The molecule has 0 unspecified atom stereocenters. The number of carbonyl (C=O) groups excluding carboxylic acids is 1. The Morgan fingerprint density at radius 3 is 2.38 bits per heavy atom. The molecule has 0 aliphatic heterocycles. The molecular formula is C17H24O4. The Kier molecular flexibility index (Phi) is 6.79. The number of allylic oxidation sites excluding steroid dienone is 2. The molecule has 0 bridgehead atoms. The summed E-state index contributed by atoms with van der Waals surface area (Å²) in [5, 5.41) is 0. The van der Waals surface area contributed by atoms with E-state index in [1.807, 2.05) is 12.1 Å². The van der Waals surface area contributed by atoms with E-state index in [1.165, 1.54) is 12.7 Å². The lowest BCUT2D eigenvalue weighted by atomic mass is 10.0. The Morgan fingerprint density at radius 2 is 1.86 bits per heavy atom. The highest BCUT2D eigenvalue weighted by atomic mass is 16.5. The summed E-state index contributed by atoms with van der Waals surface area (Å²) in [6, 6.07) is 3.86. The van der Waals surface area contributed by atoms with E-state index in [0.29, 0.717) is 12.8 Å². The zero-order chi connectivity index (χ0) is 15.8. The molecule has 116 valence electrons. The lowest BCUT2D eigenvalue weighted by molar-refractivity contribution is -0.140. The Balaban J connectivity index is 3.12. The molecule has 0 fully saturated rings. The van der Waals surface area contributed by atoms with Crippen LogP contribution in [-0.2, 0) is 22.4 Å². The molecule has 0 N–H and O–H groups in total. The molecule has 21 heavy (non-hydrogen) atoms. The average molecular weight is 292 g/mol. The minimum Gasteiger partial charge on any atom is -0.496 e. The van der Waals surface area contributed by atoms with Crippen molar-refractivity contribution in [1.82, 2.24) is 0 Å². The molecule has 0 aliphatic rings. The van der Waals surface area contributed by atoms with Crippen LogP contribution in [0, 0.1) is 0 Å². The first-order chi connectivity index (χ1) is 10.0. The standard InChI is InChI=1S/C17H24O4/c1-12(2)6-9-14-15(19-3)10-7-13(17(14)21-5)8-11-16(18)20-4/h6-7,10H,8-9,11H2,1-5H3. The van der Waals surface area contributed by atoms with Crippen molar-refractivity contribution in [3.8, 4) is 11.5 Å². The topological polar surface area (TPSA) is 44.8 Å². The third-order valence-electron chi connectivity index (χ3n) is 3.26. The van der Waals surface area contributed by atoms with Gasteiger partial charge in [0, 0.05) is 12.0 Å². The fourth-order valence-corrected chi connectivity index (χ4v) is 2.14. The van der Waals surface area contributed by atoms with Crippen molar-refractivity contribution >= 4 is 5.97 Å². The second-order valence-corrected chi connectivity index (χ2v) is 5.00. The van der Waals surface area contributed by atoms with Crippen LogP contribution in [0.5, 0.6) is 11.5 Å². The zero-order valence-corrected chi connectivity index (χ0v) is 13.5. The van der Waals surface area contributed by atoms with Gasteiger partial charge in [-0.3, -0.25) is 4.79 Å². The molecule has 0 amide bonds. The van der Waals surface area contributed by atoms with E-state index in [4.69, 9.17) is 9.47 Å². The molecule has 0 atom stereocenters. The monoisotopic (exact) mass is 292 g/mol. The maximum Gasteiger partial charge on any atom is 0.305 e. The maximum atomic E-state index is 11.3. The van der Waals surface area contributed by atoms with E-state index in [9.17, 15) is 4.79 Å². The van der Waals surface area contributed by atoms with Crippen LogP contribution < -0.4 is 9.47 Å². The van der Waals surface area contributed by atoms with Gasteiger partial charge in [-0.25, -0.2) is 0 Å². The van der Waals surface area contributed by atoms with Gasteiger partial charge in [-0.1, -0.05) is 17.7 Å². The van der Waals surface area contributed by atoms with E-state index in [2.05, 4.69) is 24.7 Å². The molecule has 0 heterocycles. The summed E-state index contributed by atoms with van der Waals surface area (Å²) in [5.74, 6) is 1.36. The second-order valence-electron chi connectivity index (χ2n) is 5.00. The lowest BCUT2D eigenvalue weighted by Gasteiger charge is -2.16. The normalized spacial score (nSPS) is 9.95. The first kappa shape index (κ1) is 17.1. The van der Waals surface area contributed by atoms with Crippen molar-refractivity contribution < 1.29 is 19.0 Å². The molecule has 1 rings (SSSR count). The van der Waals surface area contributed by atoms with Crippen LogP contribution >= 0.6 is 0 Å². The number of carbonyl (C=O) groups is 1. The van der Waals surface area contributed by atoms with Crippen molar-refractivity contribution in [3.63, 3.8) is 0 Å². The lowest BCUT2D eigenvalue weighted by Crippen LogP contribution is -2.05. The summed E-state index contributed by atoms with van der Waals surface area (Å²) < 4.78 is 15.7. The number of esters is 1. The fraction of sp³-hybridized carbons (Fsp3) is 0.471. The van der Waals surface area contributed by atoms with Crippen LogP contribution in [0.2, 0.25) is 0 Å². The molecule has 0 saturated carbocycles.